The summed E-state index contributed by atoms with van der Waals surface area (Å²) >= 11 is 0. The first-order valence-electron chi connectivity index (χ1n) is 6.14. The van der Waals surface area contributed by atoms with Gasteiger partial charge in [0.1, 0.15) is 0 Å². The molecule has 0 atom stereocenters. The fraction of sp³-hybridized carbons (Fsp3) is 0.308. The highest BCUT2D eigenvalue weighted by Gasteiger charge is 2.08. The van der Waals surface area contributed by atoms with Gasteiger partial charge in [0.2, 0.25) is 0 Å². The lowest BCUT2D eigenvalue weighted by Crippen LogP contribution is -2.08. The highest BCUT2D eigenvalue weighted by molar-refractivity contribution is 5.93. The molecule has 0 saturated carbocycles. The smallest absolute Gasteiger partial charge is 0.337 e. The van der Waals surface area contributed by atoms with E-state index in [2.05, 4.69) is 15.3 Å². The third-order valence-electron chi connectivity index (χ3n) is 2.77. The lowest BCUT2D eigenvalue weighted by atomic mass is 10.2. The molecule has 2 aromatic heterocycles. The molecule has 0 radical (unpaired) electrons. The van der Waals surface area contributed by atoms with E-state index < -0.39 is 5.97 Å². The standard InChI is InChI=1S/C13H16N4O2/c18-13(19)11-3-5-14-9-12(11)16-4-1-2-7-17-8-6-15-10-17/h3,5-6,8-10,16H,1-2,4,7H2,(H,18,19). The van der Waals surface area contributed by atoms with Crippen molar-refractivity contribution in [1.82, 2.24) is 14.5 Å². The lowest BCUT2D eigenvalue weighted by molar-refractivity contribution is 0.0698. The number of carbonyl (C=O) groups is 1. The van der Waals surface area contributed by atoms with E-state index in [1.165, 1.54) is 12.3 Å². The quantitative estimate of drug-likeness (QED) is 0.743. The van der Waals surface area contributed by atoms with E-state index in [0.717, 1.165) is 25.9 Å². The van der Waals surface area contributed by atoms with E-state index >= 15 is 0 Å². The number of carboxylic acids is 1. The highest BCUT2D eigenvalue weighted by atomic mass is 16.4. The molecule has 0 amide bonds. The van der Waals surface area contributed by atoms with Crippen LogP contribution in [0.1, 0.15) is 23.2 Å². The highest BCUT2D eigenvalue weighted by Crippen LogP contribution is 2.13. The van der Waals surface area contributed by atoms with Crippen molar-refractivity contribution in [3.63, 3.8) is 0 Å². The van der Waals surface area contributed by atoms with Gasteiger partial charge in [0.25, 0.3) is 0 Å². The molecule has 6 heteroatoms. The average molecular weight is 260 g/mol. The number of hydrogen-bond donors (Lipinski definition) is 2. The van der Waals surface area contributed by atoms with Crippen LogP contribution in [0.5, 0.6) is 0 Å². The maximum Gasteiger partial charge on any atom is 0.337 e. The largest absolute Gasteiger partial charge is 0.478 e. The Labute approximate surface area is 111 Å². The molecule has 0 unspecified atom stereocenters. The lowest BCUT2D eigenvalue weighted by Gasteiger charge is -2.08. The summed E-state index contributed by atoms with van der Waals surface area (Å²) in [6.45, 7) is 1.64. The molecule has 0 aliphatic heterocycles. The number of nitrogens with one attached hydrogen (secondary N) is 1. The molecule has 2 rings (SSSR count). The summed E-state index contributed by atoms with van der Waals surface area (Å²) in [6.07, 6.45) is 10.5. The number of unbranched alkanes of at least 4 members (excludes halogenated alkanes) is 1. The molecule has 0 aromatic carbocycles. The van der Waals surface area contributed by atoms with Crippen molar-refractivity contribution < 1.29 is 9.90 Å². The first-order valence-corrected chi connectivity index (χ1v) is 6.14. The zero-order valence-electron chi connectivity index (χ0n) is 10.5. The van der Waals surface area contributed by atoms with Gasteiger partial charge in [0, 0.05) is 31.7 Å². The van der Waals surface area contributed by atoms with Crippen LogP contribution in [-0.4, -0.2) is 32.2 Å². The number of rotatable bonds is 7. The predicted octanol–water partition coefficient (Wildman–Crippen LogP) is 1.87. The van der Waals surface area contributed by atoms with Gasteiger partial charge in [-0.3, -0.25) is 4.98 Å². The molecule has 100 valence electrons. The summed E-state index contributed by atoms with van der Waals surface area (Å²) in [4.78, 5) is 18.9. The Morgan fingerprint density at radius 3 is 2.95 bits per heavy atom. The van der Waals surface area contributed by atoms with Crippen LogP contribution in [0.3, 0.4) is 0 Å². The first-order chi connectivity index (χ1) is 9.27. The number of aromatic carboxylic acids is 1. The number of nitrogens with zero attached hydrogens (tertiary/aromatic N) is 3. The second-order valence-corrected chi connectivity index (χ2v) is 4.16. The Kier molecular flexibility index (Phi) is 4.49. The summed E-state index contributed by atoms with van der Waals surface area (Å²) in [6, 6.07) is 1.50. The predicted molar refractivity (Wildman–Crippen MR) is 71.1 cm³/mol. The van der Waals surface area contributed by atoms with Crippen molar-refractivity contribution in [1.29, 1.82) is 0 Å². The Bertz CT molecular complexity index is 525. The molecule has 0 fully saturated rings. The number of pyridine rings is 1. The molecule has 0 saturated heterocycles. The third-order valence-corrected chi connectivity index (χ3v) is 2.77. The van der Waals surface area contributed by atoms with Crippen LogP contribution in [0.2, 0.25) is 0 Å². The van der Waals surface area contributed by atoms with Crippen LogP contribution in [0.25, 0.3) is 0 Å². The second kappa shape index (κ2) is 6.53. The second-order valence-electron chi connectivity index (χ2n) is 4.16. The summed E-state index contributed by atoms with van der Waals surface area (Å²) in [5.74, 6) is -0.941. The minimum absolute atomic E-state index is 0.254. The van der Waals surface area contributed by atoms with Gasteiger partial charge in [-0.25, -0.2) is 9.78 Å². The van der Waals surface area contributed by atoms with Crippen LogP contribution >= 0.6 is 0 Å². The van der Waals surface area contributed by atoms with Crippen molar-refractivity contribution in [2.24, 2.45) is 0 Å². The van der Waals surface area contributed by atoms with Gasteiger partial charge >= 0.3 is 5.97 Å². The molecule has 2 N–H and O–H groups in total. The van der Waals surface area contributed by atoms with Gasteiger partial charge in [-0.1, -0.05) is 0 Å². The van der Waals surface area contributed by atoms with Crippen molar-refractivity contribution in [3.05, 3.63) is 42.7 Å². The molecule has 6 nitrogen and oxygen atoms in total. The van der Waals surface area contributed by atoms with Gasteiger partial charge in [-0.15, -0.1) is 0 Å². The van der Waals surface area contributed by atoms with E-state index in [-0.39, 0.29) is 5.56 Å². The fourth-order valence-corrected chi connectivity index (χ4v) is 1.78. The maximum absolute atomic E-state index is 11.0. The van der Waals surface area contributed by atoms with Crippen LogP contribution in [0, 0.1) is 0 Å². The van der Waals surface area contributed by atoms with Crippen LogP contribution < -0.4 is 5.32 Å². The molecule has 2 heterocycles. The maximum atomic E-state index is 11.0. The van der Waals surface area contributed by atoms with Gasteiger partial charge in [-0.2, -0.15) is 0 Å². The number of aryl methyl sites for hydroxylation is 1. The summed E-state index contributed by atoms with van der Waals surface area (Å²) in [5.41, 5.74) is 0.822. The molecular formula is C13H16N4O2. The number of hydrogen-bond acceptors (Lipinski definition) is 4. The zero-order valence-corrected chi connectivity index (χ0v) is 10.5. The molecule has 2 aromatic rings. The van der Waals surface area contributed by atoms with E-state index in [0.29, 0.717) is 5.69 Å². The minimum atomic E-state index is -0.941. The molecule has 0 bridgehead atoms. The number of aromatic nitrogens is 3. The van der Waals surface area contributed by atoms with Crippen molar-refractivity contribution >= 4 is 11.7 Å². The van der Waals surface area contributed by atoms with E-state index in [4.69, 9.17) is 5.11 Å². The van der Waals surface area contributed by atoms with Crippen molar-refractivity contribution in [2.75, 3.05) is 11.9 Å². The molecule has 0 aliphatic rings. The normalized spacial score (nSPS) is 10.3. The molecule has 19 heavy (non-hydrogen) atoms. The summed E-state index contributed by atoms with van der Waals surface area (Å²) in [5, 5.41) is 12.1. The van der Waals surface area contributed by atoms with Crippen LogP contribution in [0.15, 0.2) is 37.2 Å². The monoisotopic (exact) mass is 260 g/mol. The van der Waals surface area contributed by atoms with Gasteiger partial charge < -0.3 is 15.0 Å². The minimum Gasteiger partial charge on any atom is -0.478 e. The fourth-order valence-electron chi connectivity index (χ4n) is 1.78. The van der Waals surface area contributed by atoms with E-state index in [1.807, 2.05) is 10.8 Å². The average Bonchev–Trinajstić information content (AvgIpc) is 2.92. The number of carboxylic acid groups (broad SMARTS) is 1. The summed E-state index contributed by atoms with van der Waals surface area (Å²) in [7, 11) is 0. The first kappa shape index (κ1) is 13.1. The number of anilines is 1. The van der Waals surface area contributed by atoms with Crippen LogP contribution in [0.4, 0.5) is 5.69 Å². The Balaban J connectivity index is 1.75. The Hall–Kier alpha value is -2.37. The summed E-state index contributed by atoms with van der Waals surface area (Å²) < 4.78 is 2.02. The van der Waals surface area contributed by atoms with Crippen LogP contribution in [-0.2, 0) is 6.54 Å². The van der Waals surface area contributed by atoms with Crippen molar-refractivity contribution in [3.8, 4) is 0 Å². The third kappa shape index (κ3) is 3.80. The Morgan fingerprint density at radius 2 is 2.21 bits per heavy atom. The SMILES string of the molecule is O=C(O)c1ccncc1NCCCCn1ccnc1. The van der Waals surface area contributed by atoms with E-state index in [1.54, 1.807) is 18.7 Å². The molecule has 0 aliphatic carbocycles. The topological polar surface area (TPSA) is 80.0 Å². The van der Waals surface area contributed by atoms with Gasteiger partial charge in [0.15, 0.2) is 0 Å². The Morgan fingerprint density at radius 1 is 1.32 bits per heavy atom. The van der Waals surface area contributed by atoms with Gasteiger partial charge in [-0.05, 0) is 18.9 Å². The molecular weight excluding hydrogens is 244 g/mol. The van der Waals surface area contributed by atoms with Gasteiger partial charge in [0.05, 0.1) is 23.8 Å². The number of imidazole rings is 1. The zero-order chi connectivity index (χ0) is 13.5. The van der Waals surface area contributed by atoms with Crippen molar-refractivity contribution in [2.45, 2.75) is 19.4 Å². The molecule has 0 spiro atoms. The van der Waals surface area contributed by atoms with E-state index in [9.17, 15) is 4.79 Å².